The van der Waals surface area contributed by atoms with Crippen LogP contribution >= 0.6 is 22.9 Å². The molecule has 1 unspecified atom stereocenters. The average molecular weight is 260 g/mol. The van der Waals surface area contributed by atoms with Gasteiger partial charge in [-0.1, -0.05) is 11.6 Å². The highest BCUT2D eigenvalue weighted by Crippen LogP contribution is 2.31. The average Bonchev–Trinajstić information content (AvgIpc) is 2.66. The Balaban J connectivity index is 2.16. The summed E-state index contributed by atoms with van der Waals surface area (Å²) in [5.74, 6) is 0. The van der Waals surface area contributed by atoms with Crippen molar-refractivity contribution < 1.29 is 0 Å². The van der Waals surface area contributed by atoms with E-state index in [0.29, 0.717) is 6.17 Å². The fraction of sp³-hybridized carbons (Fsp3) is 0.636. The summed E-state index contributed by atoms with van der Waals surface area (Å²) >= 11 is 7.70. The monoisotopic (exact) mass is 259 g/mol. The summed E-state index contributed by atoms with van der Waals surface area (Å²) in [6.07, 6.45) is 0.361. The zero-order valence-corrected chi connectivity index (χ0v) is 11.3. The van der Waals surface area contributed by atoms with Gasteiger partial charge in [0.25, 0.3) is 0 Å². The zero-order chi connectivity index (χ0) is 11.5. The quantitative estimate of drug-likeness (QED) is 0.894. The van der Waals surface area contributed by atoms with E-state index in [1.54, 1.807) is 11.3 Å². The van der Waals surface area contributed by atoms with Gasteiger partial charge in [-0.3, -0.25) is 9.80 Å². The van der Waals surface area contributed by atoms with E-state index >= 15 is 0 Å². The van der Waals surface area contributed by atoms with Gasteiger partial charge in [0.15, 0.2) is 0 Å². The Morgan fingerprint density at radius 3 is 2.56 bits per heavy atom. The molecule has 5 heteroatoms. The van der Waals surface area contributed by atoms with Crippen molar-refractivity contribution in [2.24, 2.45) is 0 Å². The second-order valence-corrected chi connectivity index (χ2v) is 6.01. The van der Waals surface area contributed by atoms with Gasteiger partial charge in [-0.15, -0.1) is 11.3 Å². The van der Waals surface area contributed by atoms with Gasteiger partial charge >= 0.3 is 0 Å². The maximum absolute atomic E-state index is 6.02. The van der Waals surface area contributed by atoms with Crippen molar-refractivity contribution in [1.29, 1.82) is 0 Å². The molecule has 0 amide bonds. The topological polar surface area (TPSA) is 18.5 Å². The predicted molar refractivity (Wildman–Crippen MR) is 70.2 cm³/mol. The van der Waals surface area contributed by atoms with Crippen LogP contribution in [0, 0.1) is 0 Å². The van der Waals surface area contributed by atoms with Crippen LogP contribution in [0.5, 0.6) is 0 Å². The number of thiophene rings is 1. The van der Waals surface area contributed by atoms with E-state index in [2.05, 4.69) is 35.3 Å². The van der Waals surface area contributed by atoms with E-state index in [4.69, 9.17) is 11.6 Å². The van der Waals surface area contributed by atoms with Gasteiger partial charge in [-0.2, -0.15) is 0 Å². The summed E-state index contributed by atoms with van der Waals surface area (Å²) in [5.41, 5.74) is 0. The first kappa shape index (κ1) is 12.3. The van der Waals surface area contributed by atoms with Gasteiger partial charge in [0.05, 0.1) is 10.5 Å². The van der Waals surface area contributed by atoms with Crippen LogP contribution in [-0.4, -0.2) is 50.1 Å². The lowest BCUT2D eigenvalue weighted by Gasteiger charge is -2.38. The van der Waals surface area contributed by atoms with Crippen molar-refractivity contribution in [2.45, 2.75) is 6.17 Å². The molecule has 2 heterocycles. The molecule has 1 atom stereocenters. The second kappa shape index (κ2) is 5.47. The standard InChI is InChI=1S/C11H18ClN3S/c1-14(2)11(9-3-4-10(12)16-9)15-7-5-13-6-8-15/h3-4,11,13H,5-8H2,1-2H3. The van der Waals surface area contributed by atoms with Crippen molar-refractivity contribution in [3.8, 4) is 0 Å². The van der Waals surface area contributed by atoms with Gasteiger partial charge in [0.1, 0.15) is 0 Å². The Morgan fingerprint density at radius 1 is 1.38 bits per heavy atom. The first-order valence-electron chi connectivity index (χ1n) is 5.55. The lowest BCUT2D eigenvalue weighted by molar-refractivity contribution is 0.0699. The fourth-order valence-electron chi connectivity index (χ4n) is 2.15. The molecule has 1 saturated heterocycles. The van der Waals surface area contributed by atoms with Crippen LogP contribution < -0.4 is 5.32 Å². The first-order chi connectivity index (χ1) is 7.68. The van der Waals surface area contributed by atoms with Crippen LogP contribution in [0.1, 0.15) is 11.0 Å². The Hall–Kier alpha value is -0.130. The summed E-state index contributed by atoms with van der Waals surface area (Å²) in [7, 11) is 4.25. The molecule has 3 nitrogen and oxygen atoms in total. The highest BCUT2D eigenvalue weighted by Gasteiger charge is 2.24. The van der Waals surface area contributed by atoms with E-state index in [1.807, 2.05) is 6.07 Å². The number of hydrogen-bond donors (Lipinski definition) is 1. The molecule has 0 saturated carbocycles. The minimum Gasteiger partial charge on any atom is -0.314 e. The predicted octanol–water partition coefficient (Wildman–Crippen LogP) is 1.87. The number of halogens is 1. The molecule has 1 fully saturated rings. The van der Waals surface area contributed by atoms with Crippen molar-refractivity contribution in [2.75, 3.05) is 40.3 Å². The van der Waals surface area contributed by atoms with Crippen LogP contribution in [-0.2, 0) is 0 Å². The van der Waals surface area contributed by atoms with Crippen molar-refractivity contribution in [3.63, 3.8) is 0 Å². The van der Waals surface area contributed by atoms with Crippen molar-refractivity contribution in [3.05, 3.63) is 21.3 Å². The SMILES string of the molecule is CN(C)C(c1ccc(Cl)s1)N1CCNCC1. The van der Waals surface area contributed by atoms with E-state index in [-0.39, 0.29) is 0 Å². The molecule has 0 spiro atoms. The Morgan fingerprint density at radius 2 is 2.06 bits per heavy atom. The number of piperazine rings is 1. The summed E-state index contributed by atoms with van der Waals surface area (Å²) in [6, 6.07) is 4.12. The molecule has 90 valence electrons. The van der Waals surface area contributed by atoms with E-state index in [9.17, 15) is 0 Å². The summed E-state index contributed by atoms with van der Waals surface area (Å²) < 4.78 is 0.872. The highest BCUT2D eigenvalue weighted by atomic mass is 35.5. The lowest BCUT2D eigenvalue weighted by Crippen LogP contribution is -2.48. The van der Waals surface area contributed by atoms with Crippen LogP contribution in [0.25, 0.3) is 0 Å². The van der Waals surface area contributed by atoms with Gasteiger partial charge in [0.2, 0.25) is 0 Å². The molecular weight excluding hydrogens is 242 g/mol. The fourth-order valence-corrected chi connectivity index (χ4v) is 3.45. The first-order valence-corrected chi connectivity index (χ1v) is 6.74. The molecule has 0 aromatic carbocycles. The highest BCUT2D eigenvalue weighted by molar-refractivity contribution is 7.16. The Bertz CT molecular complexity index is 334. The molecule has 1 aromatic heterocycles. The van der Waals surface area contributed by atoms with Crippen LogP contribution in [0.15, 0.2) is 12.1 Å². The zero-order valence-electron chi connectivity index (χ0n) is 9.74. The molecule has 0 radical (unpaired) electrons. The molecule has 1 aliphatic heterocycles. The molecule has 1 aliphatic rings. The third-order valence-electron chi connectivity index (χ3n) is 2.84. The van der Waals surface area contributed by atoms with Gasteiger partial charge in [-0.05, 0) is 26.2 Å². The molecule has 2 rings (SSSR count). The van der Waals surface area contributed by atoms with Crippen LogP contribution in [0.2, 0.25) is 4.34 Å². The Kier molecular flexibility index (Phi) is 4.21. The minimum atomic E-state index is 0.361. The summed E-state index contributed by atoms with van der Waals surface area (Å²) in [5, 5.41) is 3.38. The number of rotatable bonds is 3. The number of nitrogens with zero attached hydrogens (tertiary/aromatic N) is 2. The molecule has 1 aromatic rings. The smallest absolute Gasteiger partial charge is 0.0977 e. The van der Waals surface area contributed by atoms with Crippen LogP contribution in [0.3, 0.4) is 0 Å². The maximum Gasteiger partial charge on any atom is 0.0977 e. The lowest BCUT2D eigenvalue weighted by atomic mass is 10.2. The van der Waals surface area contributed by atoms with E-state index in [1.165, 1.54) is 4.88 Å². The van der Waals surface area contributed by atoms with E-state index in [0.717, 1.165) is 30.5 Å². The Labute approximate surface area is 106 Å². The third-order valence-corrected chi connectivity index (χ3v) is 4.11. The second-order valence-electron chi connectivity index (χ2n) is 4.27. The minimum absolute atomic E-state index is 0.361. The summed E-state index contributed by atoms with van der Waals surface area (Å²) in [4.78, 5) is 6.09. The van der Waals surface area contributed by atoms with Crippen LogP contribution in [0.4, 0.5) is 0 Å². The van der Waals surface area contributed by atoms with Gasteiger partial charge < -0.3 is 5.32 Å². The normalized spacial score (nSPS) is 20.2. The maximum atomic E-state index is 6.02. The number of hydrogen-bond acceptors (Lipinski definition) is 4. The molecule has 1 N–H and O–H groups in total. The third kappa shape index (κ3) is 2.76. The summed E-state index contributed by atoms with van der Waals surface area (Å²) in [6.45, 7) is 4.34. The largest absolute Gasteiger partial charge is 0.314 e. The van der Waals surface area contributed by atoms with Crippen molar-refractivity contribution in [1.82, 2.24) is 15.1 Å². The molecule has 0 bridgehead atoms. The van der Waals surface area contributed by atoms with Gasteiger partial charge in [-0.25, -0.2) is 0 Å². The van der Waals surface area contributed by atoms with Gasteiger partial charge in [0, 0.05) is 31.1 Å². The molecule has 0 aliphatic carbocycles. The number of nitrogens with one attached hydrogen (secondary N) is 1. The van der Waals surface area contributed by atoms with Crippen molar-refractivity contribution >= 4 is 22.9 Å². The molecule has 16 heavy (non-hydrogen) atoms. The molecular formula is C11H18ClN3S. The van der Waals surface area contributed by atoms with E-state index < -0.39 is 0 Å².